The summed E-state index contributed by atoms with van der Waals surface area (Å²) in [5.74, 6) is -1.82. The Kier molecular flexibility index (Phi) is 5.69. The molecular weight excluding hydrogens is 477 g/mol. The van der Waals surface area contributed by atoms with Crippen LogP contribution in [-0.4, -0.2) is 21.8 Å². The number of hydrogen-bond donors (Lipinski definition) is 4. The van der Waals surface area contributed by atoms with Crippen LogP contribution in [0.2, 0.25) is 10.0 Å². The number of benzene rings is 3. The highest BCUT2D eigenvalue weighted by Gasteiger charge is 2.35. The third kappa shape index (κ3) is 4.21. The summed E-state index contributed by atoms with van der Waals surface area (Å²) in [7, 11) is 0. The number of carbonyl (C=O) groups excluding carboxylic acids is 2. The van der Waals surface area contributed by atoms with E-state index in [1.54, 1.807) is 18.2 Å². The van der Waals surface area contributed by atoms with Gasteiger partial charge in [0.15, 0.2) is 0 Å². The third-order valence-corrected chi connectivity index (χ3v) is 6.05. The Hall–Kier alpha value is -3.88. The molecular formula is C24H17Cl2N5O3. The molecule has 0 spiro atoms. The number of amides is 2. The zero-order valence-electron chi connectivity index (χ0n) is 17.5. The summed E-state index contributed by atoms with van der Waals surface area (Å²) in [5.41, 5.74) is 0.595. The minimum atomic E-state index is -1.01. The maximum atomic E-state index is 13.2. The molecule has 170 valence electrons. The molecule has 1 aliphatic heterocycles. The molecule has 2 amide bonds. The van der Waals surface area contributed by atoms with Crippen molar-refractivity contribution in [1.82, 2.24) is 9.97 Å². The molecule has 4 aromatic rings. The fraction of sp³-hybridized carbons (Fsp3) is 0.0833. The molecule has 0 bridgehead atoms. The normalized spacial score (nSPS) is 14.9. The Balaban J connectivity index is 1.47. The van der Waals surface area contributed by atoms with Gasteiger partial charge in [-0.3, -0.25) is 19.4 Å². The van der Waals surface area contributed by atoms with Crippen LogP contribution in [0.1, 0.15) is 17.9 Å². The van der Waals surface area contributed by atoms with E-state index in [-0.39, 0.29) is 23.8 Å². The average Bonchev–Trinajstić information content (AvgIpc) is 2.80. The highest BCUT2D eigenvalue weighted by atomic mass is 35.5. The van der Waals surface area contributed by atoms with Crippen molar-refractivity contribution in [1.29, 1.82) is 0 Å². The van der Waals surface area contributed by atoms with E-state index >= 15 is 0 Å². The molecule has 10 heteroatoms. The molecule has 1 aromatic heterocycles. The van der Waals surface area contributed by atoms with Crippen LogP contribution < -0.4 is 21.5 Å². The summed E-state index contributed by atoms with van der Waals surface area (Å²) in [6.07, 6.45) is -0.176. The number of rotatable bonds is 4. The molecule has 5 rings (SSSR count). The van der Waals surface area contributed by atoms with Crippen LogP contribution >= 0.6 is 23.2 Å². The Bertz CT molecular complexity index is 1510. The van der Waals surface area contributed by atoms with E-state index < -0.39 is 23.3 Å². The average molecular weight is 494 g/mol. The fourth-order valence-electron chi connectivity index (χ4n) is 3.93. The van der Waals surface area contributed by atoms with Crippen molar-refractivity contribution in [3.05, 3.63) is 86.6 Å². The number of fused-ring (bicyclic) bond motifs is 2. The van der Waals surface area contributed by atoms with Crippen molar-refractivity contribution in [2.75, 3.05) is 16.0 Å². The number of anilines is 4. The largest absolute Gasteiger partial charge is 0.325 e. The number of hydrogen-bond acceptors (Lipinski definition) is 5. The standard InChI is InChI=1S/C24H17Cl2N5O3/c25-13-8-9-18(16(26)10-13)28-24-30-21-20(23(34)31-24)15(11-19(32)29-21)22(33)27-17-7-3-5-12-4-1-2-6-14(12)17/h1-10,15H,11H2,(H,27,33)(H3,28,29,30,31,32,34). The topological polar surface area (TPSA) is 116 Å². The van der Waals surface area contributed by atoms with Crippen LogP contribution in [0, 0.1) is 0 Å². The lowest BCUT2D eigenvalue weighted by Crippen LogP contribution is -2.36. The van der Waals surface area contributed by atoms with Gasteiger partial charge in [-0.2, -0.15) is 4.98 Å². The van der Waals surface area contributed by atoms with Gasteiger partial charge < -0.3 is 16.0 Å². The van der Waals surface area contributed by atoms with Crippen LogP contribution in [0.4, 0.5) is 23.1 Å². The van der Waals surface area contributed by atoms with Gasteiger partial charge in [-0.05, 0) is 29.7 Å². The first-order valence-electron chi connectivity index (χ1n) is 10.3. The number of nitrogens with one attached hydrogen (secondary N) is 4. The van der Waals surface area contributed by atoms with Crippen molar-refractivity contribution < 1.29 is 9.59 Å². The lowest BCUT2D eigenvalue weighted by Gasteiger charge is -2.24. The Morgan fingerprint density at radius 2 is 1.79 bits per heavy atom. The lowest BCUT2D eigenvalue weighted by atomic mass is 9.92. The zero-order chi connectivity index (χ0) is 23.8. The number of nitrogens with zero attached hydrogens (tertiary/aromatic N) is 1. The van der Waals surface area contributed by atoms with Gasteiger partial charge in [0.2, 0.25) is 17.8 Å². The minimum absolute atomic E-state index is 0.0191. The third-order valence-electron chi connectivity index (χ3n) is 5.50. The summed E-state index contributed by atoms with van der Waals surface area (Å²) >= 11 is 12.1. The van der Waals surface area contributed by atoms with Gasteiger partial charge in [0.25, 0.3) is 5.56 Å². The van der Waals surface area contributed by atoms with E-state index in [1.807, 2.05) is 36.4 Å². The van der Waals surface area contributed by atoms with Gasteiger partial charge in [0.05, 0.1) is 22.2 Å². The first-order chi connectivity index (χ1) is 16.4. The molecule has 4 N–H and O–H groups in total. The van der Waals surface area contributed by atoms with Crippen molar-refractivity contribution in [2.24, 2.45) is 0 Å². The second-order valence-corrected chi connectivity index (χ2v) is 8.59. The Labute approximate surface area is 203 Å². The lowest BCUT2D eigenvalue weighted by molar-refractivity contribution is -0.123. The van der Waals surface area contributed by atoms with E-state index in [0.717, 1.165) is 10.8 Å². The van der Waals surface area contributed by atoms with E-state index in [0.29, 0.717) is 21.4 Å². The molecule has 1 aliphatic rings. The van der Waals surface area contributed by atoms with Crippen LogP contribution in [0.3, 0.4) is 0 Å². The number of aromatic amines is 1. The molecule has 3 aromatic carbocycles. The maximum absolute atomic E-state index is 13.2. The van der Waals surface area contributed by atoms with Crippen LogP contribution in [-0.2, 0) is 9.59 Å². The number of carbonyl (C=O) groups is 2. The minimum Gasteiger partial charge on any atom is -0.325 e. The SMILES string of the molecule is O=C1CC(C(=O)Nc2cccc3ccccc23)c2c(nc(Nc3ccc(Cl)cc3Cl)[nH]c2=O)N1. The summed E-state index contributed by atoms with van der Waals surface area (Å²) in [6, 6.07) is 17.9. The fourth-order valence-corrected chi connectivity index (χ4v) is 4.38. The van der Waals surface area contributed by atoms with Crippen molar-refractivity contribution in [3.63, 3.8) is 0 Å². The quantitative estimate of drug-likeness (QED) is 0.317. The summed E-state index contributed by atoms with van der Waals surface area (Å²) in [6.45, 7) is 0. The summed E-state index contributed by atoms with van der Waals surface area (Å²) in [5, 5.41) is 10.9. The van der Waals surface area contributed by atoms with E-state index in [9.17, 15) is 14.4 Å². The second-order valence-electron chi connectivity index (χ2n) is 7.75. The zero-order valence-corrected chi connectivity index (χ0v) is 19.0. The summed E-state index contributed by atoms with van der Waals surface area (Å²) in [4.78, 5) is 45.5. The first-order valence-corrected chi connectivity index (χ1v) is 11.1. The van der Waals surface area contributed by atoms with E-state index in [2.05, 4.69) is 25.9 Å². The smallest absolute Gasteiger partial charge is 0.258 e. The number of halogens is 2. The van der Waals surface area contributed by atoms with Gasteiger partial charge >= 0.3 is 0 Å². The van der Waals surface area contributed by atoms with E-state index in [4.69, 9.17) is 23.2 Å². The molecule has 0 aliphatic carbocycles. The van der Waals surface area contributed by atoms with Crippen molar-refractivity contribution >= 4 is 68.9 Å². The van der Waals surface area contributed by atoms with E-state index in [1.165, 1.54) is 6.07 Å². The predicted octanol–water partition coefficient (Wildman–Crippen LogP) is 5.04. The van der Waals surface area contributed by atoms with Gasteiger partial charge in [0.1, 0.15) is 5.82 Å². The van der Waals surface area contributed by atoms with Crippen molar-refractivity contribution in [3.8, 4) is 0 Å². The highest BCUT2D eigenvalue weighted by molar-refractivity contribution is 6.36. The summed E-state index contributed by atoms with van der Waals surface area (Å²) < 4.78 is 0. The first kappa shape index (κ1) is 21.9. The molecule has 1 atom stereocenters. The molecule has 0 saturated carbocycles. The van der Waals surface area contributed by atoms with Gasteiger partial charge in [-0.1, -0.05) is 59.6 Å². The molecule has 0 saturated heterocycles. The second kappa shape index (κ2) is 8.81. The molecule has 0 radical (unpaired) electrons. The predicted molar refractivity (Wildman–Crippen MR) is 133 cm³/mol. The number of H-pyrrole nitrogens is 1. The van der Waals surface area contributed by atoms with Gasteiger partial charge in [0, 0.05) is 22.5 Å². The monoisotopic (exact) mass is 493 g/mol. The highest BCUT2D eigenvalue weighted by Crippen LogP contribution is 2.32. The molecule has 0 fully saturated rings. The molecule has 34 heavy (non-hydrogen) atoms. The van der Waals surface area contributed by atoms with Crippen LogP contribution in [0.15, 0.2) is 65.5 Å². The number of aromatic nitrogens is 2. The Morgan fingerprint density at radius 1 is 1.00 bits per heavy atom. The Morgan fingerprint density at radius 3 is 2.62 bits per heavy atom. The van der Waals surface area contributed by atoms with Crippen molar-refractivity contribution in [2.45, 2.75) is 12.3 Å². The molecule has 8 nitrogen and oxygen atoms in total. The van der Waals surface area contributed by atoms with Crippen LogP contribution in [0.5, 0.6) is 0 Å². The maximum Gasteiger partial charge on any atom is 0.258 e. The molecule has 2 heterocycles. The van der Waals surface area contributed by atoms with Gasteiger partial charge in [-0.15, -0.1) is 0 Å². The molecule has 1 unspecified atom stereocenters. The van der Waals surface area contributed by atoms with Gasteiger partial charge in [-0.25, -0.2) is 0 Å². The van der Waals surface area contributed by atoms with Crippen LogP contribution in [0.25, 0.3) is 10.8 Å².